The molecule has 0 aromatic heterocycles. The van der Waals surface area contributed by atoms with Gasteiger partial charge in [0.25, 0.3) is 0 Å². The molecule has 2 saturated carbocycles. The van der Waals surface area contributed by atoms with Gasteiger partial charge in [0, 0.05) is 12.0 Å². The molecule has 4 rings (SSSR count). The Morgan fingerprint density at radius 1 is 1.17 bits per heavy atom. The maximum Gasteiger partial charge on any atom is 0.178 e. The SMILES string of the molecule is C[C@]12CC[C@H]3[C@@H](C=CC4=CC(=O)C=C[C@@]43C)[C@@H]1CC[C@@H]2CCO. The maximum atomic E-state index is 11.7. The van der Waals surface area contributed by atoms with E-state index in [1.807, 2.05) is 6.08 Å². The first-order valence-corrected chi connectivity index (χ1v) is 9.23. The molecule has 0 heterocycles. The standard InChI is InChI=1S/C21H28O2/c1-20-11-8-19-17(18(20)6-4-14(20)9-12-22)5-3-15-13-16(23)7-10-21(15,19)2/h3,5,7,10,13-14,17-19,22H,4,6,8-9,11-12H2,1-2H3/t14-,17+,18+,19+,20-,21+/m1/s1. The van der Waals surface area contributed by atoms with Crippen LogP contribution in [-0.4, -0.2) is 17.5 Å². The summed E-state index contributed by atoms with van der Waals surface area (Å²) in [7, 11) is 0. The number of aliphatic hydroxyl groups excluding tert-OH is 1. The molecule has 2 fully saturated rings. The van der Waals surface area contributed by atoms with E-state index in [2.05, 4.69) is 32.1 Å². The molecule has 1 N–H and O–H groups in total. The van der Waals surface area contributed by atoms with Crippen LogP contribution in [0.15, 0.2) is 36.0 Å². The summed E-state index contributed by atoms with van der Waals surface area (Å²) in [5.74, 6) is 2.79. The van der Waals surface area contributed by atoms with E-state index in [9.17, 15) is 9.90 Å². The summed E-state index contributed by atoms with van der Waals surface area (Å²) in [6.07, 6.45) is 16.5. The van der Waals surface area contributed by atoms with Crippen molar-refractivity contribution in [1.82, 2.24) is 0 Å². The number of rotatable bonds is 2. The number of hydrogen-bond acceptors (Lipinski definition) is 2. The molecule has 0 unspecified atom stereocenters. The van der Waals surface area contributed by atoms with Gasteiger partial charge < -0.3 is 5.11 Å². The lowest BCUT2D eigenvalue weighted by Crippen LogP contribution is -2.48. The molecule has 0 spiro atoms. The van der Waals surface area contributed by atoms with Crippen LogP contribution in [0.5, 0.6) is 0 Å². The average molecular weight is 312 g/mol. The Balaban J connectivity index is 1.70. The van der Waals surface area contributed by atoms with Crippen LogP contribution < -0.4 is 0 Å². The molecule has 0 radical (unpaired) electrons. The molecule has 0 bridgehead atoms. The van der Waals surface area contributed by atoms with Gasteiger partial charge in [-0.25, -0.2) is 0 Å². The highest BCUT2D eigenvalue weighted by Gasteiger charge is 2.57. The summed E-state index contributed by atoms with van der Waals surface area (Å²) in [5, 5.41) is 9.42. The fraction of sp³-hybridized carbons (Fsp3) is 0.667. The molecule has 6 atom stereocenters. The lowest BCUT2D eigenvalue weighted by atomic mass is 9.49. The predicted octanol–water partition coefficient (Wildman–Crippen LogP) is 4.07. The van der Waals surface area contributed by atoms with E-state index in [1.165, 1.54) is 31.3 Å². The summed E-state index contributed by atoms with van der Waals surface area (Å²) in [6, 6.07) is 0. The Bertz CT molecular complexity index is 613. The Kier molecular flexibility index (Phi) is 3.46. The molecule has 0 aromatic carbocycles. The van der Waals surface area contributed by atoms with Crippen LogP contribution in [0, 0.1) is 34.5 Å². The topological polar surface area (TPSA) is 37.3 Å². The zero-order valence-electron chi connectivity index (χ0n) is 14.3. The van der Waals surface area contributed by atoms with Gasteiger partial charge in [-0.3, -0.25) is 4.79 Å². The third-order valence-electron chi connectivity index (χ3n) is 7.79. The first-order chi connectivity index (χ1) is 11.0. The first-order valence-electron chi connectivity index (χ1n) is 9.23. The van der Waals surface area contributed by atoms with Crippen molar-refractivity contribution in [2.24, 2.45) is 34.5 Å². The third kappa shape index (κ3) is 2.07. The highest BCUT2D eigenvalue weighted by molar-refractivity contribution is 6.01. The third-order valence-corrected chi connectivity index (χ3v) is 7.79. The van der Waals surface area contributed by atoms with Crippen molar-refractivity contribution in [3.8, 4) is 0 Å². The van der Waals surface area contributed by atoms with Gasteiger partial charge in [-0.2, -0.15) is 0 Å². The van der Waals surface area contributed by atoms with E-state index in [0.717, 1.165) is 12.3 Å². The van der Waals surface area contributed by atoms with Crippen LogP contribution in [-0.2, 0) is 4.79 Å². The summed E-state index contributed by atoms with van der Waals surface area (Å²) < 4.78 is 0. The number of carbonyl (C=O) groups excluding carboxylic acids is 1. The Hall–Kier alpha value is -1.15. The maximum absolute atomic E-state index is 11.7. The van der Waals surface area contributed by atoms with E-state index in [0.29, 0.717) is 29.8 Å². The lowest BCUT2D eigenvalue weighted by Gasteiger charge is -2.55. The van der Waals surface area contributed by atoms with Crippen molar-refractivity contribution in [1.29, 1.82) is 0 Å². The van der Waals surface area contributed by atoms with Crippen molar-refractivity contribution in [3.63, 3.8) is 0 Å². The van der Waals surface area contributed by atoms with Crippen LogP contribution >= 0.6 is 0 Å². The fourth-order valence-electron chi connectivity index (χ4n) is 6.39. The molecule has 124 valence electrons. The Labute approximate surface area is 139 Å². The van der Waals surface area contributed by atoms with Crippen molar-refractivity contribution >= 4 is 5.78 Å². The highest BCUT2D eigenvalue weighted by Crippen LogP contribution is 2.64. The van der Waals surface area contributed by atoms with Crippen molar-refractivity contribution in [3.05, 3.63) is 36.0 Å². The van der Waals surface area contributed by atoms with Gasteiger partial charge >= 0.3 is 0 Å². The van der Waals surface area contributed by atoms with Gasteiger partial charge in [-0.15, -0.1) is 0 Å². The molecule has 0 saturated heterocycles. The molecule has 0 aliphatic heterocycles. The Morgan fingerprint density at radius 3 is 2.78 bits per heavy atom. The summed E-state index contributed by atoms with van der Waals surface area (Å²) in [5.41, 5.74) is 1.63. The number of hydrogen-bond donors (Lipinski definition) is 1. The molecule has 2 heteroatoms. The quantitative estimate of drug-likeness (QED) is 0.834. The molecule has 23 heavy (non-hydrogen) atoms. The second-order valence-corrected chi connectivity index (χ2v) is 8.60. The number of allylic oxidation sites excluding steroid dienone is 6. The monoisotopic (exact) mass is 312 g/mol. The number of fused-ring (bicyclic) bond motifs is 5. The van der Waals surface area contributed by atoms with Gasteiger partial charge in [0.2, 0.25) is 0 Å². The van der Waals surface area contributed by atoms with E-state index < -0.39 is 0 Å². The Morgan fingerprint density at radius 2 is 2.00 bits per heavy atom. The van der Waals surface area contributed by atoms with Crippen LogP contribution in [0.25, 0.3) is 0 Å². The second-order valence-electron chi connectivity index (χ2n) is 8.60. The van der Waals surface area contributed by atoms with Gasteiger partial charge in [-0.05, 0) is 78.9 Å². The molecule has 4 aliphatic rings. The zero-order valence-corrected chi connectivity index (χ0v) is 14.3. The fourth-order valence-corrected chi connectivity index (χ4v) is 6.39. The van der Waals surface area contributed by atoms with E-state index in [4.69, 9.17) is 0 Å². The zero-order chi connectivity index (χ0) is 16.2. The summed E-state index contributed by atoms with van der Waals surface area (Å²) in [6.45, 7) is 5.13. The van der Waals surface area contributed by atoms with Gasteiger partial charge in [0.1, 0.15) is 0 Å². The van der Waals surface area contributed by atoms with Gasteiger partial charge in [0.15, 0.2) is 5.78 Å². The van der Waals surface area contributed by atoms with E-state index in [1.54, 1.807) is 6.08 Å². The largest absolute Gasteiger partial charge is 0.396 e. The lowest BCUT2D eigenvalue weighted by molar-refractivity contribution is -0.110. The highest BCUT2D eigenvalue weighted by atomic mass is 16.3. The van der Waals surface area contributed by atoms with Gasteiger partial charge in [-0.1, -0.05) is 32.1 Å². The molecular weight excluding hydrogens is 284 g/mol. The number of aliphatic hydroxyl groups is 1. The first kappa shape index (κ1) is 15.4. The molecule has 0 aromatic rings. The van der Waals surface area contributed by atoms with Crippen molar-refractivity contribution in [2.45, 2.75) is 46.0 Å². The molecule has 4 aliphatic carbocycles. The average Bonchev–Trinajstić information content (AvgIpc) is 2.85. The van der Waals surface area contributed by atoms with Crippen LogP contribution in [0.3, 0.4) is 0 Å². The smallest absolute Gasteiger partial charge is 0.178 e. The molecule has 2 nitrogen and oxygen atoms in total. The predicted molar refractivity (Wildman–Crippen MR) is 91.7 cm³/mol. The van der Waals surface area contributed by atoms with E-state index >= 15 is 0 Å². The normalized spacial score (nSPS) is 47.8. The molecular formula is C21H28O2. The van der Waals surface area contributed by atoms with Gasteiger partial charge in [0.05, 0.1) is 0 Å². The number of ketones is 1. The van der Waals surface area contributed by atoms with Crippen molar-refractivity contribution < 1.29 is 9.90 Å². The van der Waals surface area contributed by atoms with Crippen LogP contribution in [0.4, 0.5) is 0 Å². The minimum Gasteiger partial charge on any atom is -0.396 e. The molecule has 0 amide bonds. The minimum atomic E-state index is 0.0315. The second kappa shape index (κ2) is 5.17. The number of carbonyl (C=O) groups is 1. The van der Waals surface area contributed by atoms with E-state index in [-0.39, 0.29) is 11.2 Å². The summed E-state index contributed by atoms with van der Waals surface area (Å²) in [4.78, 5) is 11.7. The van der Waals surface area contributed by atoms with Crippen LogP contribution in [0.2, 0.25) is 0 Å². The van der Waals surface area contributed by atoms with Crippen molar-refractivity contribution in [2.75, 3.05) is 6.61 Å². The van der Waals surface area contributed by atoms with Crippen LogP contribution in [0.1, 0.15) is 46.0 Å². The minimum absolute atomic E-state index is 0.0315. The summed E-state index contributed by atoms with van der Waals surface area (Å²) >= 11 is 0.